The van der Waals surface area contributed by atoms with Crippen molar-refractivity contribution in [3.63, 3.8) is 0 Å². The Labute approximate surface area is 131 Å². The van der Waals surface area contributed by atoms with E-state index in [4.69, 9.17) is 14.2 Å². The molecule has 0 amide bonds. The smallest absolute Gasteiger partial charge is 0.203 e. The molecule has 0 spiro atoms. The lowest BCUT2D eigenvalue weighted by Gasteiger charge is -2.20. The van der Waals surface area contributed by atoms with Crippen LogP contribution in [0.15, 0.2) is 35.4 Å². The molecule has 3 rings (SSSR count). The Morgan fingerprint density at radius 2 is 2.00 bits per heavy atom. The lowest BCUT2D eigenvalue weighted by molar-refractivity contribution is 0.165. The van der Waals surface area contributed by atoms with Crippen LogP contribution in [0.25, 0.3) is 0 Å². The molecular formula is C16H14F2N2O3. The zero-order valence-corrected chi connectivity index (χ0v) is 12.3. The summed E-state index contributed by atoms with van der Waals surface area (Å²) in [5.41, 5.74) is 3.28. The summed E-state index contributed by atoms with van der Waals surface area (Å²) in [6.07, 6.45) is 1.48. The van der Waals surface area contributed by atoms with Crippen molar-refractivity contribution in [1.29, 1.82) is 0 Å². The third-order valence-electron chi connectivity index (χ3n) is 3.18. The van der Waals surface area contributed by atoms with Crippen LogP contribution in [0.1, 0.15) is 5.56 Å². The quantitative estimate of drug-likeness (QED) is 0.694. The number of hydrogen-bond acceptors (Lipinski definition) is 5. The van der Waals surface area contributed by atoms with E-state index in [1.165, 1.54) is 19.4 Å². The number of fused-ring (bicyclic) bond motifs is 1. The third-order valence-corrected chi connectivity index (χ3v) is 3.18. The van der Waals surface area contributed by atoms with Gasteiger partial charge in [-0.05, 0) is 24.3 Å². The van der Waals surface area contributed by atoms with Crippen molar-refractivity contribution in [2.75, 3.05) is 25.7 Å². The normalized spacial score (nSPS) is 13.2. The van der Waals surface area contributed by atoms with E-state index in [-0.39, 0.29) is 5.69 Å². The number of hydrazone groups is 1. The standard InChI is InChI=1S/C16H14F2N2O3/c1-21-14-6-10(7-15-16(14)23-5-4-22-15)9-19-20-13-3-2-11(17)8-12(13)18/h2-3,6-9,20H,4-5H2,1H3/b19-9-. The highest BCUT2D eigenvalue weighted by Gasteiger charge is 2.17. The molecule has 23 heavy (non-hydrogen) atoms. The van der Waals surface area contributed by atoms with E-state index in [1.807, 2.05) is 0 Å². The molecule has 0 saturated heterocycles. The van der Waals surface area contributed by atoms with Crippen molar-refractivity contribution in [1.82, 2.24) is 0 Å². The van der Waals surface area contributed by atoms with Crippen LogP contribution < -0.4 is 19.6 Å². The van der Waals surface area contributed by atoms with Gasteiger partial charge >= 0.3 is 0 Å². The van der Waals surface area contributed by atoms with Gasteiger partial charge in [0.25, 0.3) is 0 Å². The monoisotopic (exact) mass is 320 g/mol. The largest absolute Gasteiger partial charge is 0.493 e. The van der Waals surface area contributed by atoms with Gasteiger partial charge in [-0.2, -0.15) is 5.10 Å². The average molecular weight is 320 g/mol. The van der Waals surface area contributed by atoms with E-state index in [2.05, 4.69) is 10.5 Å². The Kier molecular flexibility index (Phi) is 4.27. The predicted octanol–water partition coefficient (Wildman–Crippen LogP) is 3.19. The molecule has 0 aromatic heterocycles. The Bertz CT molecular complexity index is 733. The molecule has 0 bridgehead atoms. The van der Waals surface area contributed by atoms with Gasteiger partial charge < -0.3 is 14.2 Å². The number of rotatable bonds is 4. The first kappa shape index (κ1) is 15.1. The van der Waals surface area contributed by atoms with Crippen LogP contribution in [-0.2, 0) is 0 Å². The van der Waals surface area contributed by atoms with Crippen molar-refractivity contribution in [3.8, 4) is 17.2 Å². The second kappa shape index (κ2) is 6.51. The van der Waals surface area contributed by atoms with Gasteiger partial charge in [0.1, 0.15) is 19.0 Å². The zero-order chi connectivity index (χ0) is 16.2. The number of nitrogens with one attached hydrogen (secondary N) is 1. The maximum Gasteiger partial charge on any atom is 0.203 e. The maximum absolute atomic E-state index is 13.5. The van der Waals surface area contributed by atoms with Crippen LogP contribution in [0.2, 0.25) is 0 Å². The molecular weight excluding hydrogens is 306 g/mol. The van der Waals surface area contributed by atoms with E-state index in [0.29, 0.717) is 36.0 Å². The molecule has 1 heterocycles. The molecule has 0 unspecified atom stereocenters. The average Bonchev–Trinajstić information content (AvgIpc) is 2.56. The van der Waals surface area contributed by atoms with Crippen LogP contribution >= 0.6 is 0 Å². The van der Waals surface area contributed by atoms with Crippen molar-refractivity contribution in [2.45, 2.75) is 0 Å². The minimum Gasteiger partial charge on any atom is -0.493 e. The summed E-state index contributed by atoms with van der Waals surface area (Å²) < 4.78 is 42.6. The van der Waals surface area contributed by atoms with Crippen LogP contribution in [-0.4, -0.2) is 26.5 Å². The number of ether oxygens (including phenoxy) is 3. The molecule has 2 aromatic carbocycles. The number of hydrogen-bond donors (Lipinski definition) is 1. The lowest BCUT2D eigenvalue weighted by atomic mass is 10.2. The second-order valence-corrected chi connectivity index (χ2v) is 4.74. The third kappa shape index (κ3) is 3.33. The maximum atomic E-state index is 13.5. The van der Waals surface area contributed by atoms with E-state index < -0.39 is 11.6 Å². The first-order valence-corrected chi connectivity index (χ1v) is 6.89. The van der Waals surface area contributed by atoms with Crippen LogP contribution in [0.4, 0.5) is 14.5 Å². The summed E-state index contributed by atoms with van der Waals surface area (Å²) in [5, 5.41) is 3.94. The zero-order valence-electron chi connectivity index (χ0n) is 12.3. The summed E-state index contributed by atoms with van der Waals surface area (Å²) in [7, 11) is 1.53. The minimum absolute atomic E-state index is 0.0761. The van der Waals surface area contributed by atoms with Crippen LogP contribution in [0.5, 0.6) is 17.2 Å². The molecule has 2 aromatic rings. The van der Waals surface area contributed by atoms with Crippen molar-refractivity contribution >= 4 is 11.9 Å². The Balaban J connectivity index is 1.79. The Morgan fingerprint density at radius 1 is 1.17 bits per heavy atom. The molecule has 0 atom stereocenters. The number of anilines is 1. The fraction of sp³-hybridized carbons (Fsp3) is 0.188. The fourth-order valence-electron chi connectivity index (χ4n) is 2.12. The summed E-state index contributed by atoms with van der Waals surface area (Å²) in [4.78, 5) is 0. The van der Waals surface area contributed by atoms with E-state index in [9.17, 15) is 8.78 Å². The molecule has 120 valence electrons. The van der Waals surface area contributed by atoms with Crippen molar-refractivity contribution in [2.24, 2.45) is 5.10 Å². The highest BCUT2D eigenvalue weighted by molar-refractivity contribution is 5.83. The highest BCUT2D eigenvalue weighted by atomic mass is 19.1. The van der Waals surface area contributed by atoms with Gasteiger partial charge in [0, 0.05) is 11.6 Å². The van der Waals surface area contributed by atoms with Gasteiger partial charge in [0.15, 0.2) is 17.3 Å². The minimum atomic E-state index is -0.720. The van der Waals surface area contributed by atoms with E-state index in [0.717, 1.165) is 12.1 Å². The SMILES string of the molecule is COc1cc(/C=N\Nc2ccc(F)cc2F)cc2c1OCCO2. The molecule has 1 N–H and O–H groups in total. The number of methoxy groups -OCH3 is 1. The highest BCUT2D eigenvalue weighted by Crippen LogP contribution is 2.39. The number of halogens is 2. The first-order valence-electron chi connectivity index (χ1n) is 6.89. The van der Waals surface area contributed by atoms with E-state index >= 15 is 0 Å². The molecule has 0 saturated carbocycles. The fourth-order valence-corrected chi connectivity index (χ4v) is 2.12. The summed E-state index contributed by atoms with van der Waals surface area (Å²) >= 11 is 0. The summed E-state index contributed by atoms with van der Waals surface area (Å²) in [6, 6.07) is 6.66. The number of nitrogens with zero attached hydrogens (tertiary/aromatic N) is 1. The van der Waals surface area contributed by atoms with E-state index in [1.54, 1.807) is 12.1 Å². The second-order valence-electron chi connectivity index (χ2n) is 4.74. The van der Waals surface area contributed by atoms with Crippen LogP contribution in [0, 0.1) is 11.6 Å². The molecule has 0 aliphatic carbocycles. The molecule has 0 radical (unpaired) electrons. The van der Waals surface area contributed by atoms with Crippen molar-refractivity contribution < 1.29 is 23.0 Å². The van der Waals surface area contributed by atoms with Crippen LogP contribution in [0.3, 0.4) is 0 Å². The molecule has 1 aliphatic heterocycles. The molecule has 0 fully saturated rings. The van der Waals surface area contributed by atoms with Gasteiger partial charge in [-0.25, -0.2) is 8.78 Å². The van der Waals surface area contributed by atoms with Gasteiger partial charge in [-0.3, -0.25) is 5.43 Å². The van der Waals surface area contributed by atoms with Crippen molar-refractivity contribution in [3.05, 3.63) is 47.5 Å². The van der Waals surface area contributed by atoms with Gasteiger partial charge in [0.2, 0.25) is 5.75 Å². The summed E-state index contributed by atoms with van der Waals surface area (Å²) in [6.45, 7) is 0.915. The topological polar surface area (TPSA) is 52.1 Å². The Morgan fingerprint density at radius 3 is 2.78 bits per heavy atom. The summed E-state index contributed by atoms with van der Waals surface area (Å²) in [5.74, 6) is 0.269. The molecule has 1 aliphatic rings. The lowest BCUT2D eigenvalue weighted by Crippen LogP contribution is -2.16. The predicted molar refractivity (Wildman–Crippen MR) is 81.6 cm³/mol. The van der Waals surface area contributed by atoms with Gasteiger partial charge in [-0.15, -0.1) is 0 Å². The first-order chi connectivity index (χ1) is 11.2. The van der Waals surface area contributed by atoms with Gasteiger partial charge in [-0.1, -0.05) is 0 Å². The molecule has 5 nitrogen and oxygen atoms in total. The van der Waals surface area contributed by atoms with Gasteiger partial charge in [0.05, 0.1) is 19.0 Å². The number of benzene rings is 2. The Hall–Kier alpha value is -2.83. The molecule has 7 heteroatoms.